The van der Waals surface area contributed by atoms with Crippen LogP contribution in [0.5, 0.6) is 5.75 Å². The average Bonchev–Trinajstić information content (AvgIpc) is 3.53. The largest absolute Gasteiger partial charge is 0.487 e. The fourth-order valence-corrected chi connectivity index (χ4v) is 5.23. The van der Waals surface area contributed by atoms with Gasteiger partial charge in [0.25, 0.3) is 5.91 Å². The summed E-state index contributed by atoms with van der Waals surface area (Å²) in [6.07, 6.45) is 8.72. The highest BCUT2D eigenvalue weighted by Gasteiger charge is 2.40. The van der Waals surface area contributed by atoms with Crippen molar-refractivity contribution in [2.75, 3.05) is 13.1 Å². The Morgan fingerprint density at radius 1 is 0.939 bits per heavy atom. The van der Waals surface area contributed by atoms with Crippen LogP contribution >= 0.6 is 0 Å². The summed E-state index contributed by atoms with van der Waals surface area (Å²) in [6.45, 7) is 2.84. The minimum absolute atomic E-state index is 0.0136. The number of ether oxygens (including phenoxy) is 1. The number of rotatable bonds is 4. The van der Waals surface area contributed by atoms with Gasteiger partial charge in [-0.2, -0.15) is 0 Å². The summed E-state index contributed by atoms with van der Waals surface area (Å²) >= 11 is 0. The first-order valence-corrected chi connectivity index (χ1v) is 12.3. The molecule has 1 atom stereocenters. The molecule has 2 N–H and O–H groups in total. The number of carbonyl (C=O) groups is 3. The highest BCUT2D eigenvalue weighted by molar-refractivity contribution is 6.05. The molecule has 7 nitrogen and oxygen atoms in total. The number of fused-ring (bicyclic) bond motifs is 1. The summed E-state index contributed by atoms with van der Waals surface area (Å²) in [7, 11) is 0. The molecule has 2 saturated heterocycles. The lowest BCUT2D eigenvalue weighted by Crippen LogP contribution is -2.52. The molecule has 0 aromatic heterocycles. The van der Waals surface area contributed by atoms with Crippen LogP contribution in [0.1, 0.15) is 73.7 Å². The summed E-state index contributed by atoms with van der Waals surface area (Å²) in [5.41, 5.74) is 0.926. The van der Waals surface area contributed by atoms with Crippen LogP contribution in [0, 0.1) is 17.7 Å². The molecule has 0 bridgehead atoms. The van der Waals surface area contributed by atoms with E-state index < -0.39 is 17.8 Å². The van der Waals surface area contributed by atoms with Gasteiger partial charge in [0.05, 0.1) is 6.10 Å². The lowest BCUT2D eigenvalue weighted by atomic mass is 9.98. The van der Waals surface area contributed by atoms with Crippen molar-refractivity contribution in [1.29, 1.82) is 0 Å². The Kier molecular flexibility index (Phi) is 6.36. The van der Waals surface area contributed by atoms with Crippen LogP contribution in [0.4, 0.5) is 4.39 Å². The number of nitrogens with zero attached hydrogens (tertiary/aromatic N) is 1. The summed E-state index contributed by atoms with van der Waals surface area (Å²) in [5, 5.41) is 5.54. The van der Waals surface area contributed by atoms with E-state index in [2.05, 4.69) is 10.6 Å². The van der Waals surface area contributed by atoms with Crippen molar-refractivity contribution in [1.82, 2.24) is 15.5 Å². The van der Waals surface area contributed by atoms with Gasteiger partial charge in [0.2, 0.25) is 11.8 Å². The zero-order valence-electron chi connectivity index (χ0n) is 18.9. The molecule has 1 unspecified atom stereocenters. The van der Waals surface area contributed by atoms with E-state index >= 15 is 0 Å². The fraction of sp³-hybridized carbons (Fsp3) is 0.640. The van der Waals surface area contributed by atoms with E-state index in [0.29, 0.717) is 5.56 Å². The second-order valence-electron chi connectivity index (χ2n) is 9.97. The minimum Gasteiger partial charge on any atom is -0.487 e. The van der Waals surface area contributed by atoms with E-state index in [9.17, 15) is 18.8 Å². The molecule has 3 heterocycles. The molecule has 8 heteroatoms. The van der Waals surface area contributed by atoms with E-state index in [0.717, 1.165) is 37.5 Å². The smallest absolute Gasteiger partial charge is 0.255 e. The summed E-state index contributed by atoms with van der Waals surface area (Å²) in [5.74, 6) is 0.673. The number of imide groups is 1. The first-order valence-electron chi connectivity index (χ1n) is 12.3. The van der Waals surface area contributed by atoms with Crippen molar-refractivity contribution >= 4 is 17.7 Å². The Labute approximate surface area is 193 Å². The van der Waals surface area contributed by atoms with Crippen LogP contribution in [0.15, 0.2) is 12.1 Å². The molecule has 2 aliphatic carbocycles. The highest BCUT2D eigenvalue weighted by atomic mass is 19.1. The van der Waals surface area contributed by atoms with Gasteiger partial charge in [0.1, 0.15) is 6.04 Å². The zero-order chi connectivity index (χ0) is 22.9. The van der Waals surface area contributed by atoms with E-state index in [-0.39, 0.29) is 48.6 Å². The van der Waals surface area contributed by atoms with Crippen LogP contribution in [0.3, 0.4) is 0 Å². The van der Waals surface area contributed by atoms with E-state index in [1.807, 2.05) is 0 Å². The molecule has 6 rings (SSSR count). The van der Waals surface area contributed by atoms with Crippen LogP contribution in [0.2, 0.25) is 0 Å². The second-order valence-corrected chi connectivity index (χ2v) is 9.97. The van der Waals surface area contributed by atoms with Crippen LogP contribution in [-0.4, -0.2) is 47.9 Å². The summed E-state index contributed by atoms with van der Waals surface area (Å²) in [6, 6.07) is 2.10. The maximum atomic E-state index is 14.5. The van der Waals surface area contributed by atoms with Crippen molar-refractivity contribution in [2.24, 2.45) is 11.8 Å². The van der Waals surface area contributed by atoms with Crippen molar-refractivity contribution in [3.63, 3.8) is 0 Å². The van der Waals surface area contributed by atoms with Crippen molar-refractivity contribution in [2.45, 2.75) is 76.5 Å². The van der Waals surface area contributed by atoms with Gasteiger partial charge in [0.15, 0.2) is 11.6 Å². The van der Waals surface area contributed by atoms with Gasteiger partial charge in [-0.3, -0.25) is 19.7 Å². The number of hydrogen-bond acceptors (Lipinski definition) is 5. The number of piperidine rings is 1. The molecule has 0 spiro atoms. The Hall–Kier alpha value is -2.48. The van der Waals surface area contributed by atoms with Gasteiger partial charge in [-0.1, -0.05) is 6.42 Å². The second kappa shape index (κ2) is 9.41. The van der Waals surface area contributed by atoms with E-state index in [1.165, 1.54) is 43.3 Å². The molecular weight excluding hydrogens is 425 g/mol. The fourth-order valence-electron chi connectivity index (χ4n) is 5.23. The zero-order valence-corrected chi connectivity index (χ0v) is 18.9. The number of carbonyl (C=O) groups excluding carboxylic acids is 3. The van der Waals surface area contributed by atoms with Crippen molar-refractivity contribution < 1.29 is 23.5 Å². The molecule has 1 aromatic rings. The molecular formula is C25H32FN3O4. The third kappa shape index (κ3) is 4.90. The number of nitrogens with one attached hydrogen (secondary N) is 2. The maximum absolute atomic E-state index is 14.5. The maximum Gasteiger partial charge on any atom is 0.255 e. The van der Waals surface area contributed by atoms with Gasteiger partial charge < -0.3 is 15.0 Å². The van der Waals surface area contributed by atoms with Crippen molar-refractivity contribution in [3.8, 4) is 5.75 Å². The standard InChI is InChI=1S/C19H21FN2O4.C6H11N/c20-14-9-13-11(8-16(14)26-12-4-2-1-3-5-12)10-22(19(13)25)15-6-7-17(23)21-18(15)24;1-2-5(1)6-3-7-4-6/h8-9,12,15H,1-7,10H2,(H,21,23,24);5-7H,1-4H2. The normalized spacial score (nSPS) is 25.7. The molecule has 178 valence electrons. The summed E-state index contributed by atoms with van der Waals surface area (Å²) < 4.78 is 20.3. The van der Waals surface area contributed by atoms with Crippen molar-refractivity contribution in [3.05, 3.63) is 29.1 Å². The monoisotopic (exact) mass is 457 g/mol. The topological polar surface area (TPSA) is 87.7 Å². The quantitative estimate of drug-likeness (QED) is 0.679. The van der Waals surface area contributed by atoms with Crippen LogP contribution in [0.25, 0.3) is 0 Å². The number of hydrogen-bond donors (Lipinski definition) is 2. The van der Waals surface area contributed by atoms with Gasteiger partial charge in [-0.05, 0) is 87.6 Å². The minimum atomic E-state index is -0.696. The Balaban J connectivity index is 0.000000274. The predicted molar refractivity (Wildman–Crippen MR) is 119 cm³/mol. The molecule has 0 radical (unpaired) electrons. The molecule has 33 heavy (non-hydrogen) atoms. The number of benzene rings is 1. The average molecular weight is 458 g/mol. The lowest BCUT2D eigenvalue weighted by molar-refractivity contribution is -0.136. The van der Waals surface area contributed by atoms with Crippen LogP contribution < -0.4 is 15.4 Å². The van der Waals surface area contributed by atoms with Gasteiger partial charge in [-0.25, -0.2) is 4.39 Å². The Bertz CT molecular complexity index is 938. The third-order valence-corrected chi connectivity index (χ3v) is 7.52. The molecule has 5 aliphatic rings. The van der Waals surface area contributed by atoms with E-state index in [4.69, 9.17) is 4.74 Å². The SMILES string of the molecule is C1CC1C1CNC1.O=C1CCC(N2Cc3cc(OC4CCCCC4)c(F)cc3C2=O)C(=O)N1. The predicted octanol–water partition coefficient (Wildman–Crippen LogP) is 2.91. The number of halogens is 1. The van der Waals surface area contributed by atoms with E-state index in [1.54, 1.807) is 6.07 Å². The third-order valence-electron chi connectivity index (χ3n) is 7.52. The molecule has 3 aliphatic heterocycles. The van der Waals surface area contributed by atoms with Gasteiger partial charge >= 0.3 is 0 Å². The Morgan fingerprint density at radius 2 is 1.70 bits per heavy atom. The summed E-state index contributed by atoms with van der Waals surface area (Å²) in [4.78, 5) is 37.4. The Morgan fingerprint density at radius 3 is 2.30 bits per heavy atom. The molecule has 1 aromatic carbocycles. The first-order chi connectivity index (χ1) is 16.0. The molecule has 3 amide bonds. The van der Waals surface area contributed by atoms with Gasteiger partial charge in [-0.15, -0.1) is 0 Å². The first kappa shape index (κ1) is 22.3. The van der Waals surface area contributed by atoms with Crippen LogP contribution in [-0.2, 0) is 16.1 Å². The molecule has 4 fully saturated rings. The lowest BCUT2D eigenvalue weighted by Gasteiger charge is -2.29. The highest BCUT2D eigenvalue weighted by Crippen LogP contribution is 2.38. The van der Waals surface area contributed by atoms with Gasteiger partial charge in [0, 0.05) is 18.5 Å². The molecule has 2 saturated carbocycles. The number of amides is 3.